The van der Waals surface area contributed by atoms with Gasteiger partial charge in [-0.1, -0.05) is 42.5 Å². The molecule has 2 heterocycles. The summed E-state index contributed by atoms with van der Waals surface area (Å²) in [7, 11) is 0. The van der Waals surface area contributed by atoms with Crippen LogP contribution in [0.5, 0.6) is 0 Å². The number of hydrogen-bond donors (Lipinski definition) is 1. The van der Waals surface area contributed by atoms with Gasteiger partial charge >= 0.3 is 0 Å². The van der Waals surface area contributed by atoms with E-state index >= 15 is 0 Å². The zero-order valence-corrected chi connectivity index (χ0v) is 12.2. The van der Waals surface area contributed by atoms with Crippen molar-refractivity contribution in [2.75, 3.05) is 5.73 Å². The van der Waals surface area contributed by atoms with Crippen LogP contribution in [-0.2, 0) is 0 Å². The molecule has 5 heteroatoms. The molecular formula is C18H13N5. The summed E-state index contributed by atoms with van der Waals surface area (Å²) in [6, 6.07) is 19.8. The van der Waals surface area contributed by atoms with Gasteiger partial charge in [-0.3, -0.25) is 4.98 Å². The van der Waals surface area contributed by atoms with E-state index in [4.69, 9.17) is 5.73 Å². The lowest BCUT2D eigenvalue weighted by molar-refractivity contribution is 0.997. The Balaban J connectivity index is 1.94. The number of fused-ring (bicyclic) bond motifs is 1. The summed E-state index contributed by atoms with van der Waals surface area (Å²) >= 11 is 0. The zero-order chi connectivity index (χ0) is 15.6. The second-order valence-electron chi connectivity index (χ2n) is 5.14. The van der Waals surface area contributed by atoms with E-state index in [0.717, 1.165) is 27.7 Å². The molecule has 2 N–H and O–H groups in total. The largest absolute Gasteiger partial charge is 0.366 e. The number of nitrogens with two attached hydrogens (primary N) is 1. The van der Waals surface area contributed by atoms with Crippen molar-refractivity contribution in [2.45, 2.75) is 0 Å². The van der Waals surface area contributed by atoms with Gasteiger partial charge in [0, 0.05) is 22.7 Å². The SMILES string of the molecule is Nc1nnc(-c2ccc3ncccc3c2)c(-c2ccccc2)n1. The second kappa shape index (κ2) is 5.46. The Morgan fingerprint density at radius 2 is 1.61 bits per heavy atom. The summed E-state index contributed by atoms with van der Waals surface area (Å²) in [5.41, 5.74) is 9.99. The predicted octanol–water partition coefficient (Wildman–Crippen LogP) is 3.34. The summed E-state index contributed by atoms with van der Waals surface area (Å²) in [5.74, 6) is 0.162. The average Bonchev–Trinajstić information content (AvgIpc) is 2.62. The maximum atomic E-state index is 5.74. The van der Waals surface area contributed by atoms with Crippen LogP contribution in [0.25, 0.3) is 33.4 Å². The Bertz CT molecular complexity index is 983. The van der Waals surface area contributed by atoms with Gasteiger partial charge in [0.2, 0.25) is 5.95 Å². The van der Waals surface area contributed by atoms with Gasteiger partial charge < -0.3 is 5.73 Å². The Morgan fingerprint density at radius 1 is 0.739 bits per heavy atom. The predicted molar refractivity (Wildman–Crippen MR) is 90.4 cm³/mol. The summed E-state index contributed by atoms with van der Waals surface area (Å²) in [6.45, 7) is 0. The third kappa shape index (κ3) is 2.48. The molecule has 0 saturated heterocycles. The number of anilines is 1. The first-order chi connectivity index (χ1) is 11.3. The Hall–Kier alpha value is -3.34. The molecule has 0 bridgehead atoms. The Labute approximate surface area is 132 Å². The van der Waals surface area contributed by atoms with Crippen molar-refractivity contribution in [3.63, 3.8) is 0 Å². The molecule has 0 atom stereocenters. The molecule has 2 aromatic heterocycles. The van der Waals surface area contributed by atoms with Crippen molar-refractivity contribution in [2.24, 2.45) is 0 Å². The minimum atomic E-state index is 0.162. The van der Waals surface area contributed by atoms with Crippen LogP contribution < -0.4 is 5.73 Å². The number of aromatic nitrogens is 4. The molecule has 4 rings (SSSR count). The van der Waals surface area contributed by atoms with E-state index in [1.54, 1.807) is 6.20 Å². The van der Waals surface area contributed by atoms with E-state index in [2.05, 4.69) is 20.2 Å². The minimum Gasteiger partial charge on any atom is -0.366 e. The van der Waals surface area contributed by atoms with Gasteiger partial charge in [-0.2, -0.15) is 0 Å². The first-order valence-electron chi connectivity index (χ1n) is 7.22. The standard InChI is InChI=1S/C18H13N5/c19-18-21-16(12-5-2-1-3-6-12)17(22-23-18)14-8-9-15-13(11-14)7-4-10-20-15/h1-11H,(H2,19,21,23). The number of nitrogen functional groups attached to an aromatic ring is 1. The smallest absolute Gasteiger partial charge is 0.240 e. The van der Waals surface area contributed by atoms with Gasteiger partial charge in [0.1, 0.15) is 11.4 Å². The molecule has 0 amide bonds. The topological polar surface area (TPSA) is 77.6 Å². The number of hydrogen-bond acceptors (Lipinski definition) is 5. The second-order valence-corrected chi connectivity index (χ2v) is 5.14. The number of nitrogens with zero attached hydrogens (tertiary/aromatic N) is 4. The van der Waals surface area contributed by atoms with Gasteiger partial charge in [-0.25, -0.2) is 4.98 Å². The van der Waals surface area contributed by atoms with Crippen LogP contribution in [0.15, 0.2) is 66.9 Å². The first-order valence-corrected chi connectivity index (χ1v) is 7.22. The molecule has 110 valence electrons. The van der Waals surface area contributed by atoms with Crippen molar-refractivity contribution in [3.05, 3.63) is 66.9 Å². The lowest BCUT2D eigenvalue weighted by atomic mass is 10.0. The molecule has 4 aromatic rings. The molecule has 23 heavy (non-hydrogen) atoms. The van der Waals surface area contributed by atoms with Gasteiger partial charge in [-0.05, 0) is 18.2 Å². The fourth-order valence-electron chi connectivity index (χ4n) is 2.55. The van der Waals surface area contributed by atoms with Gasteiger partial charge in [-0.15, -0.1) is 10.2 Å². The van der Waals surface area contributed by atoms with Crippen molar-refractivity contribution >= 4 is 16.9 Å². The lowest BCUT2D eigenvalue weighted by Gasteiger charge is -2.08. The fraction of sp³-hybridized carbons (Fsp3) is 0. The molecule has 0 fully saturated rings. The minimum absolute atomic E-state index is 0.162. The highest BCUT2D eigenvalue weighted by atomic mass is 15.2. The third-order valence-corrected chi connectivity index (χ3v) is 3.63. The highest BCUT2D eigenvalue weighted by Crippen LogP contribution is 2.30. The van der Waals surface area contributed by atoms with Gasteiger partial charge in [0.05, 0.1) is 5.52 Å². The quantitative estimate of drug-likeness (QED) is 0.614. The van der Waals surface area contributed by atoms with Crippen LogP contribution in [0.2, 0.25) is 0 Å². The summed E-state index contributed by atoms with van der Waals surface area (Å²) in [6.07, 6.45) is 1.78. The molecule has 0 unspecified atom stereocenters. The monoisotopic (exact) mass is 299 g/mol. The van der Waals surface area contributed by atoms with Crippen molar-refractivity contribution in [1.29, 1.82) is 0 Å². The third-order valence-electron chi connectivity index (χ3n) is 3.63. The fourth-order valence-corrected chi connectivity index (χ4v) is 2.55. The number of rotatable bonds is 2. The van der Waals surface area contributed by atoms with Crippen LogP contribution in [0.3, 0.4) is 0 Å². The van der Waals surface area contributed by atoms with Crippen LogP contribution in [0, 0.1) is 0 Å². The molecule has 2 aromatic carbocycles. The number of benzene rings is 2. The van der Waals surface area contributed by atoms with Crippen molar-refractivity contribution in [3.8, 4) is 22.5 Å². The lowest BCUT2D eigenvalue weighted by Crippen LogP contribution is -2.02. The van der Waals surface area contributed by atoms with Crippen LogP contribution in [0.4, 0.5) is 5.95 Å². The molecule has 5 nitrogen and oxygen atoms in total. The first kappa shape index (κ1) is 13.3. The van der Waals surface area contributed by atoms with E-state index in [1.165, 1.54) is 0 Å². The highest BCUT2D eigenvalue weighted by Gasteiger charge is 2.13. The summed E-state index contributed by atoms with van der Waals surface area (Å²) in [5, 5.41) is 9.24. The summed E-state index contributed by atoms with van der Waals surface area (Å²) < 4.78 is 0. The number of pyridine rings is 1. The van der Waals surface area contributed by atoms with E-state index in [0.29, 0.717) is 5.69 Å². The molecule has 0 radical (unpaired) electrons. The van der Waals surface area contributed by atoms with E-state index in [1.807, 2.05) is 60.7 Å². The zero-order valence-electron chi connectivity index (χ0n) is 12.2. The van der Waals surface area contributed by atoms with Gasteiger partial charge in [0.25, 0.3) is 0 Å². The van der Waals surface area contributed by atoms with Gasteiger partial charge in [0.15, 0.2) is 0 Å². The Kier molecular flexibility index (Phi) is 3.16. The van der Waals surface area contributed by atoms with Crippen LogP contribution >= 0.6 is 0 Å². The normalized spacial score (nSPS) is 10.8. The van der Waals surface area contributed by atoms with Crippen LogP contribution in [-0.4, -0.2) is 20.2 Å². The molecule has 0 spiro atoms. The molecule has 0 aliphatic rings. The average molecular weight is 299 g/mol. The molecular weight excluding hydrogens is 286 g/mol. The highest BCUT2D eigenvalue weighted by molar-refractivity contribution is 5.87. The maximum absolute atomic E-state index is 5.74. The van der Waals surface area contributed by atoms with Crippen molar-refractivity contribution < 1.29 is 0 Å². The molecule has 0 aliphatic carbocycles. The van der Waals surface area contributed by atoms with E-state index in [9.17, 15) is 0 Å². The van der Waals surface area contributed by atoms with Crippen LogP contribution in [0.1, 0.15) is 0 Å². The molecule has 0 aliphatic heterocycles. The van der Waals surface area contributed by atoms with Crippen molar-refractivity contribution in [1.82, 2.24) is 20.2 Å². The van der Waals surface area contributed by atoms with E-state index < -0.39 is 0 Å². The maximum Gasteiger partial charge on any atom is 0.240 e. The molecule has 0 saturated carbocycles. The van der Waals surface area contributed by atoms with E-state index in [-0.39, 0.29) is 5.95 Å². The summed E-state index contributed by atoms with van der Waals surface area (Å²) in [4.78, 5) is 8.73. The Morgan fingerprint density at radius 3 is 2.48 bits per heavy atom.